The van der Waals surface area contributed by atoms with E-state index in [0.29, 0.717) is 21.6 Å². The Kier molecular flexibility index (Phi) is 3.19. The van der Waals surface area contributed by atoms with Gasteiger partial charge in [-0.3, -0.25) is 0 Å². The molecule has 3 aromatic rings. The van der Waals surface area contributed by atoms with Crippen molar-refractivity contribution in [3.8, 4) is 5.75 Å². The molecule has 0 spiro atoms. The van der Waals surface area contributed by atoms with Crippen LogP contribution in [-0.4, -0.2) is 26.2 Å². The van der Waals surface area contributed by atoms with Gasteiger partial charge in [0, 0.05) is 5.69 Å². The van der Waals surface area contributed by atoms with Crippen LogP contribution in [0.2, 0.25) is 0 Å². The highest BCUT2D eigenvalue weighted by molar-refractivity contribution is 7.20. The van der Waals surface area contributed by atoms with E-state index in [0.717, 1.165) is 17.0 Å². The summed E-state index contributed by atoms with van der Waals surface area (Å²) >= 11 is 1.13. The molecule has 0 saturated carbocycles. The number of aryl methyl sites for hydroxylation is 1. The zero-order chi connectivity index (χ0) is 15.0. The molecule has 2 heterocycles. The van der Waals surface area contributed by atoms with Crippen molar-refractivity contribution in [2.24, 2.45) is 0 Å². The number of rotatable bonds is 3. The average Bonchev–Trinajstić information content (AvgIpc) is 2.80. The molecule has 0 aliphatic carbocycles. The van der Waals surface area contributed by atoms with Crippen LogP contribution in [0.25, 0.3) is 10.2 Å². The first-order valence-electron chi connectivity index (χ1n) is 6.09. The SMILES string of the molecule is Cc1c(C(=O)O)sc2ncnc(Nc3ccc(O)cc3)c12. The van der Waals surface area contributed by atoms with Crippen molar-refractivity contribution >= 4 is 39.0 Å². The Labute approximate surface area is 123 Å². The molecular weight excluding hydrogens is 290 g/mol. The summed E-state index contributed by atoms with van der Waals surface area (Å²) in [5.41, 5.74) is 1.39. The fraction of sp³-hybridized carbons (Fsp3) is 0.0714. The van der Waals surface area contributed by atoms with E-state index in [-0.39, 0.29) is 10.6 Å². The molecule has 0 fully saturated rings. The molecule has 0 atom stereocenters. The fourth-order valence-electron chi connectivity index (χ4n) is 2.05. The summed E-state index contributed by atoms with van der Waals surface area (Å²) in [6.45, 7) is 1.74. The zero-order valence-electron chi connectivity index (χ0n) is 11.0. The predicted octanol–water partition coefficient (Wildman–Crippen LogP) is 3.15. The summed E-state index contributed by atoms with van der Waals surface area (Å²) in [4.78, 5) is 20.4. The van der Waals surface area contributed by atoms with Gasteiger partial charge in [-0.05, 0) is 36.8 Å². The Morgan fingerprint density at radius 2 is 1.95 bits per heavy atom. The first-order chi connectivity index (χ1) is 10.1. The molecule has 21 heavy (non-hydrogen) atoms. The number of carbonyl (C=O) groups is 1. The van der Waals surface area contributed by atoms with Crippen molar-refractivity contribution in [1.29, 1.82) is 0 Å². The standard InChI is InChI=1S/C14H11N3O3S/c1-7-10-12(17-8-2-4-9(18)5-3-8)15-6-16-13(10)21-11(7)14(19)20/h2-6,18H,1H3,(H,19,20)(H,15,16,17). The number of anilines is 2. The number of aromatic carboxylic acids is 1. The number of benzene rings is 1. The van der Waals surface area contributed by atoms with Gasteiger partial charge >= 0.3 is 5.97 Å². The number of thiophene rings is 1. The van der Waals surface area contributed by atoms with Gasteiger partial charge in [0.25, 0.3) is 0 Å². The summed E-state index contributed by atoms with van der Waals surface area (Å²) in [5, 5.41) is 22.3. The minimum absolute atomic E-state index is 0.174. The van der Waals surface area contributed by atoms with Gasteiger partial charge in [0.15, 0.2) is 0 Å². The Bertz CT molecular complexity index is 827. The van der Waals surface area contributed by atoms with Gasteiger partial charge in [0.1, 0.15) is 27.6 Å². The van der Waals surface area contributed by atoms with Crippen LogP contribution < -0.4 is 5.32 Å². The molecule has 3 N–H and O–H groups in total. The molecule has 7 heteroatoms. The van der Waals surface area contributed by atoms with Crippen LogP contribution in [-0.2, 0) is 0 Å². The second-order valence-corrected chi connectivity index (χ2v) is 5.43. The third-order valence-corrected chi connectivity index (χ3v) is 4.24. The lowest BCUT2D eigenvalue weighted by atomic mass is 10.2. The molecule has 6 nitrogen and oxygen atoms in total. The Hall–Kier alpha value is -2.67. The van der Waals surface area contributed by atoms with Crippen molar-refractivity contribution in [2.75, 3.05) is 5.32 Å². The quantitative estimate of drug-likeness (QED) is 0.643. The number of aromatic hydroxyl groups is 1. The summed E-state index contributed by atoms with van der Waals surface area (Å²) in [6.07, 6.45) is 1.40. The van der Waals surface area contributed by atoms with Gasteiger partial charge in [-0.2, -0.15) is 0 Å². The highest BCUT2D eigenvalue weighted by Gasteiger charge is 2.18. The van der Waals surface area contributed by atoms with Crippen molar-refractivity contribution in [1.82, 2.24) is 9.97 Å². The number of aromatic nitrogens is 2. The fourth-order valence-corrected chi connectivity index (χ4v) is 3.04. The highest BCUT2D eigenvalue weighted by atomic mass is 32.1. The van der Waals surface area contributed by atoms with Crippen molar-refractivity contribution < 1.29 is 15.0 Å². The van der Waals surface area contributed by atoms with E-state index >= 15 is 0 Å². The number of fused-ring (bicyclic) bond motifs is 1. The van der Waals surface area contributed by atoms with Gasteiger partial charge in [-0.25, -0.2) is 14.8 Å². The van der Waals surface area contributed by atoms with E-state index in [1.807, 2.05) is 0 Å². The lowest BCUT2D eigenvalue weighted by Crippen LogP contribution is -1.97. The smallest absolute Gasteiger partial charge is 0.346 e. The van der Waals surface area contributed by atoms with Crippen LogP contribution in [0, 0.1) is 6.92 Å². The number of hydrogen-bond acceptors (Lipinski definition) is 6. The van der Waals surface area contributed by atoms with E-state index in [1.165, 1.54) is 6.33 Å². The Balaban J connectivity index is 2.10. The van der Waals surface area contributed by atoms with Crippen LogP contribution in [0.5, 0.6) is 5.75 Å². The van der Waals surface area contributed by atoms with E-state index in [4.69, 9.17) is 0 Å². The molecule has 1 aromatic carbocycles. The average molecular weight is 301 g/mol. The minimum Gasteiger partial charge on any atom is -0.508 e. The van der Waals surface area contributed by atoms with Crippen LogP contribution in [0.3, 0.4) is 0 Å². The third kappa shape index (κ3) is 2.38. The molecule has 3 rings (SSSR count). The van der Waals surface area contributed by atoms with Crippen LogP contribution in [0.15, 0.2) is 30.6 Å². The summed E-state index contributed by atoms with van der Waals surface area (Å²) in [7, 11) is 0. The number of nitrogens with zero attached hydrogens (tertiary/aromatic N) is 2. The predicted molar refractivity (Wildman–Crippen MR) is 80.5 cm³/mol. The van der Waals surface area contributed by atoms with E-state index in [1.54, 1.807) is 31.2 Å². The molecule has 0 bridgehead atoms. The number of nitrogens with one attached hydrogen (secondary N) is 1. The Morgan fingerprint density at radius 1 is 1.24 bits per heavy atom. The summed E-state index contributed by atoms with van der Waals surface area (Å²) in [5.74, 6) is -0.244. The van der Waals surface area contributed by atoms with Gasteiger partial charge in [0.2, 0.25) is 0 Å². The first kappa shape index (κ1) is 13.3. The summed E-state index contributed by atoms with van der Waals surface area (Å²) in [6, 6.07) is 6.54. The molecule has 0 aliphatic rings. The summed E-state index contributed by atoms with van der Waals surface area (Å²) < 4.78 is 0. The zero-order valence-corrected chi connectivity index (χ0v) is 11.8. The monoisotopic (exact) mass is 301 g/mol. The van der Waals surface area contributed by atoms with Crippen LogP contribution in [0.1, 0.15) is 15.2 Å². The maximum absolute atomic E-state index is 11.2. The van der Waals surface area contributed by atoms with Crippen molar-refractivity contribution in [3.05, 3.63) is 41.0 Å². The lowest BCUT2D eigenvalue weighted by Gasteiger charge is -2.07. The minimum atomic E-state index is -0.967. The molecule has 0 saturated heterocycles. The van der Waals surface area contributed by atoms with E-state index < -0.39 is 5.97 Å². The van der Waals surface area contributed by atoms with Gasteiger partial charge in [-0.1, -0.05) is 0 Å². The van der Waals surface area contributed by atoms with Crippen molar-refractivity contribution in [2.45, 2.75) is 6.92 Å². The largest absolute Gasteiger partial charge is 0.508 e. The van der Waals surface area contributed by atoms with Gasteiger partial charge < -0.3 is 15.5 Å². The van der Waals surface area contributed by atoms with Crippen molar-refractivity contribution in [3.63, 3.8) is 0 Å². The molecule has 106 valence electrons. The molecule has 0 unspecified atom stereocenters. The second-order valence-electron chi connectivity index (χ2n) is 4.44. The third-order valence-electron chi connectivity index (χ3n) is 3.05. The molecule has 0 aliphatic heterocycles. The first-order valence-corrected chi connectivity index (χ1v) is 6.91. The second kappa shape index (κ2) is 5.02. The molecule has 2 aromatic heterocycles. The van der Waals surface area contributed by atoms with E-state index in [9.17, 15) is 15.0 Å². The van der Waals surface area contributed by atoms with Crippen LogP contribution in [0.4, 0.5) is 11.5 Å². The topological polar surface area (TPSA) is 95.3 Å². The molecule has 0 amide bonds. The van der Waals surface area contributed by atoms with Gasteiger partial charge in [0.05, 0.1) is 5.39 Å². The number of phenols is 1. The number of carboxylic acids is 1. The van der Waals surface area contributed by atoms with E-state index in [2.05, 4.69) is 15.3 Å². The lowest BCUT2D eigenvalue weighted by molar-refractivity contribution is 0.0701. The normalized spacial score (nSPS) is 10.7. The maximum atomic E-state index is 11.2. The number of hydrogen-bond donors (Lipinski definition) is 3. The highest BCUT2D eigenvalue weighted by Crippen LogP contribution is 2.34. The Morgan fingerprint density at radius 3 is 2.62 bits per heavy atom. The van der Waals surface area contributed by atoms with Crippen LogP contribution >= 0.6 is 11.3 Å². The molecular formula is C14H11N3O3S. The molecule has 0 radical (unpaired) electrons. The maximum Gasteiger partial charge on any atom is 0.346 e. The van der Waals surface area contributed by atoms with Gasteiger partial charge in [-0.15, -0.1) is 11.3 Å². The number of carboxylic acid groups (broad SMARTS) is 1. The number of phenolic OH excluding ortho intramolecular Hbond substituents is 1.